The molecule has 3 unspecified atom stereocenters. The zero-order valence-electron chi connectivity index (χ0n) is 13.7. The molecule has 2 aromatic rings. The Kier molecular flexibility index (Phi) is 4.03. The molecule has 1 N–H and O–H groups in total. The van der Waals surface area contributed by atoms with Crippen molar-refractivity contribution in [3.8, 4) is 0 Å². The number of fused-ring (bicyclic) bond motifs is 1. The highest BCUT2D eigenvalue weighted by Gasteiger charge is 2.30. The van der Waals surface area contributed by atoms with Crippen molar-refractivity contribution in [2.45, 2.75) is 58.5 Å². The molecule has 21 heavy (non-hydrogen) atoms. The molecule has 1 aromatic carbocycles. The fourth-order valence-electron chi connectivity index (χ4n) is 3.79. The summed E-state index contributed by atoms with van der Waals surface area (Å²) in [6, 6.07) is 5.61. The Bertz CT molecular complexity index is 629. The van der Waals surface area contributed by atoms with E-state index in [-0.39, 0.29) is 0 Å². The van der Waals surface area contributed by atoms with Crippen LogP contribution in [0.5, 0.6) is 0 Å². The van der Waals surface area contributed by atoms with Crippen molar-refractivity contribution in [3.05, 3.63) is 29.6 Å². The summed E-state index contributed by atoms with van der Waals surface area (Å²) < 4.78 is 2.42. The summed E-state index contributed by atoms with van der Waals surface area (Å²) in [4.78, 5) is 4.65. The first kappa shape index (κ1) is 14.6. The second-order valence-electron chi connectivity index (χ2n) is 6.63. The van der Waals surface area contributed by atoms with Crippen LogP contribution in [0.2, 0.25) is 0 Å². The molecule has 1 aliphatic rings. The molecule has 0 aliphatic heterocycles. The Morgan fingerprint density at radius 2 is 2.00 bits per heavy atom. The van der Waals surface area contributed by atoms with Gasteiger partial charge in [-0.1, -0.05) is 13.3 Å². The van der Waals surface area contributed by atoms with Gasteiger partial charge in [0.25, 0.3) is 0 Å². The standard InChI is InChI=1S/C18H27N3/c1-5-14-6-7-15(19-4)18(10-14)21-11-20-16-8-12(2)13(3)9-17(16)21/h8-9,11,14-15,18-19H,5-7,10H2,1-4H3. The van der Waals surface area contributed by atoms with E-state index in [0.29, 0.717) is 12.1 Å². The Hall–Kier alpha value is -1.35. The van der Waals surface area contributed by atoms with Crippen molar-refractivity contribution in [2.75, 3.05) is 7.05 Å². The number of likely N-dealkylation sites (N-methyl/N-ethyl adjacent to an activating group) is 1. The van der Waals surface area contributed by atoms with Crippen molar-refractivity contribution >= 4 is 11.0 Å². The summed E-state index contributed by atoms with van der Waals surface area (Å²) >= 11 is 0. The molecule has 0 radical (unpaired) electrons. The summed E-state index contributed by atoms with van der Waals surface area (Å²) in [5, 5.41) is 3.53. The van der Waals surface area contributed by atoms with Gasteiger partial charge in [0.2, 0.25) is 0 Å². The topological polar surface area (TPSA) is 29.9 Å². The SMILES string of the molecule is CCC1CCC(NC)C(n2cnc3cc(C)c(C)cc32)C1. The summed E-state index contributed by atoms with van der Waals surface area (Å²) in [5.74, 6) is 0.851. The van der Waals surface area contributed by atoms with E-state index in [1.54, 1.807) is 0 Å². The first-order valence-corrected chi connectivity index (χ1v) is 8.25. The highest BCUT2D eigenvalue weighted by atomic mass is 15.1. The number of benzene rings is 1. The fourth-order valence-corrected chi connectivity index (χ4v) is 3.79. The number of nitrogens with zero attached hydrogens (tertiary/aromatic N) is 2. The molecule has 0 saturated heterocycles. The van der Waals surface area contributed by atoms with Gasteiger partial charge in [-0.15, -0.1) is 0 Å². The molecule has 0 amide bonds. The number of imidazole rings is 1. The highest BCUT2D eigenvalue weighted by Crippen LogP contribution is 2.36. The predicted molar refractivity (Wildman–Crippen MR) is 88.7 cm³/mol. The first-order valence-electron chi connectivity index (χ1n) is 8.25. The Balaban J connectivity index is 2.02. The molecule has 3 rings (SSSR count). The summed E-state index contributed by atoms with van der Waals surface area (Å²) in [6.45, 7) is 6.68. The van der Waals surface area contributed by atoms with Gasteiger partial charge in [0.1, 0.15) is 0 Å². The van der Waals surface area contributed by atoms with Crippen molar-refractivity contribution in [2.24, 2.45) is 5.92 Å². The van der Waals surface area contributed by atoms with Crippen LogP contribution < -0.4 is 5.32 Å². The first-order chi connectivity index (χ1) is 10.1. The lowest BCUT2D eigenvalue weighted by molar-refractivity contribution is 0.212. The normalized spacial score (nSPS) is 26.4. The van der Waals surface area contributed by atoms with E-state index in [1.165, 1.54) is 42.3 Å². The minimum atomic E-state index is 0.529. The van der Waals surface area contributed by atoms with Crippen LogP contribution in [-0.2, 0) is 0 Å². The Morgan fingerprint density at radius 3 is 2.71 bits per heavy atom. The fraction of sp³-hybridized carbons (Fsp3) is 0.611. The minimum Gasteiger partial charge on any atom is -0.326 e. The van der Waals surface area contributed by atoms with Gasteiger partial charge < -0.3 is 9.88 Å². The van der Waals surface area contributed by atoms with Gasteiger partial charge in [-0.05, 0) is 69.3 Å². The van der Waals surface area contributed by atoms with E-state index in [9.17, 15) is 0 Å². The zero-order valence-corrected chi connectivity index (χ0v) is 13.7. The van der Waals surface area contributed by atoms with E-state index < -0.39 is 0 Å². The molecular formula is C18H27N3. The highest BCUT2D eigenvalue weighted by molar-refractivity contribution is 5.77. The monoisotopic (exact) mass is 285 g/mol. The van der Waals surface area contributed by atoms with Crippen LogP contribution in [0.25, 0.3) is 11.0 Å². The van der Waals surface area contributed by atoms with Gasteiger partial charge in [-0.25, -0.2) is 4.98 Å². The predicted octanol–water partition coefficient (Wildman–Crippen LogP) is 3.99. The van der Waals surface area contributed by atoms with Gasteiger partial charge in [0.05, 0.1) is 23.4 Å². The molecule has 0 spiro atoms. The van der Waals surface area contributed by atoms with E-state index in [4.69, 9.17) is 0 Å². The van der Waals surface area contributed by atoms with E-state index in [0.717, 1.165) is 11.4 Å². The number of nitrogens with one attached hydrogen (secondary N) is 1. The zero-order chi connectivity index (χ0) is 15.0. The molecule has 3 nitrogen and oxygen atoms in total. The summed E-state index contributed by atoms with van der Waals surface area (Å²) in [5.41, 5.74) is 5.10. The van der Waals surface area contributed by atoms with Crippen LogP contribution in [0.15, 0.2) is 18.5 Å². The Morgan fingerprint density at radius 1 is 1.24 bits per heavy atom. The van der Waals surface area contributed by atoms with Crippen LogP contribution in [0.4, 0.5) is 0 Å². The maximum atomic E-state index is 4.65. The average Bonchev–Trinajstić information content (AvgIpc) is 2.89. The molecule has 1 heterocycles. The van der Waals surface area contributed by atoms with Crippen LogP contribution >= 0.6 is 0 Å². The molecule has 1 aliphatic carbocycles. The number of hydrogen-bond acceptors (Lipinski definition) is 2. The molecule has 1 saturated carbocycles. The number of rotatable bonds is 3. The molecule has 0 bridgehead atoms. The average molecular weight is 285 g/mol. The maximum Gasteiger partial charge on any atom is 0.0961 e. The van der Waals surface area contributed by atoms with Crippen LogP contribution in [0.3, 0.4) is 0 Å². The van der Waals surface area contributed by atoms with Crippen LogP contribution in [0, 0.1) is 19.8 Å². The second kappa shape index (κ2) is 5.80. The number of aromatic nitrogens is 2. The minimum absolute atomic E-state index is 0.529. The quantitative estimate of drug-likeness (QED) is 0.924. The summed E-state index contributed by atoms with van der Waals surface area (Å²) in [7, 11) is 2.10. The number of hydrogen-bond donors (Lipinski definition) is 1. The Labute approximate surface area is 127 Å². The molecule has 1 aromatic heterocycles. The lowest BCUT2D eigenvalue weighted by Gasteiger charge is -2.37. The molecule has 1 fully saturated rings. The lowest BCUT2D eigenvalue weighted by atomic mass is 9.81. The van der Waals surface area contributed by atoms with E-state index in [1.807, 2.05) is 0 Å². The maximum absolute atomic E-state index is 4.65. The summed E-state index contributed by atoms with van der Waals surface area (Å²) in [6.07, 6.45) is 7.22. The van der Waals surface area contributed by atoms with Crippen molar-refractivity contribution in [1.29, 1.82) is 0 Å². The largest absolute Gasteiger partial charge is 0.326 e. The van der Waals surface area contributed by atoms with Gasteiger partial charge in [0.15, 0.2) is 0 Å². The number of aryl methyl sites for hydroxylation is 2. The molecule has 3 heteroatoms. The van der Waals surface area contributed by atoms with Gasteiger partial charge in [-0.2, -0.15) is 0 Å². The third-order valence-electron chi connectivity index (χ3n) is 5.42. The third kappa shape index (κ3) is 2.59. The van der Waals surface area contributed by atoms with Crippen molar-refractivity contribution < 1.29 is 0 Å². The van der Waals surface area contributed by atoms with Gasteiger partial charge >= 0.3 is 0 Å². The molecule has 114 valence electrons. The molecular weight excluding hydrogens is 258 g/mol. The second-order valence-corrected chi connectivity index (χ2v) is 6.63. The van der Waals surface area contributed by atoms with Gasteiger partial charge in [0, 0.05) is 6.04 Å². The van der Waals surface area contributed by atoms with Crippen LogP contribution in [0.1, 0.15) is 49.8 Å². The lowest BCUT2D eigenvalue weighted by Crippen LogP contribution is -2.39. The smallest absolute Gasteiger partial charge is 0.0961 e. The van der Waals surface area contributed by atoms with Crippen molar-refractivity contribution in [3.63, 3.8) is 0 Å². The molecule has 3 atom stereocenters. The van der Waals surface area contributed by atoms with E-state index >= 15 is 0 Å². The van der Waals surface area contributed by atoms with Crippen molar-refractivity contribution in [1.82, 2.24) is 14.9 Å². The third-order valence-corrected chi connectivity index (χ3v) is 5.42. The van der Waals surface area contributed by atoms with Crippen LogP contribution in [-0.4, -0.2) is 22.6 Å². The van der Waals surface area contributed by atoms with Gasteiger partial charge in [-0.3, -0.25) is 0 Å². The van der Waals surface area contributed by atoms with E-state index in [2.05, 4.69) is 61.1 Å².